The zero-order valence-electron chi connectivity index (χ0n) is 19.0. The summed E-state index contributed by atoms with van der Waals surface area (Å²) in [6.45, 7) is 0. The fraction of sp³-hybridized carbons (Fsp3) is 0.111. The molecule has 0 spiro atoms. The van der Waals surface area contributed by atoms with Gasteiger partial charge in [-0.1, -0.05) is 30.3 Å². The van der Waals surface area contributed by atoms with E-state index in [4.69, 9.17) is 20.9 Å². The third-order valence-electron chi connectivity index (χ3n) is 5.52. The van der Waals surface area contributed by atoms with Crippen molar-refractivity contribution in [2.45, 2.75) is 17.8 Å². The maximum absolute atomic E-state index is 16.2. The fourth-order valence-corrected chi connectivity index (χ4v) is 3.67. The van der Waals surface area contributed by atoms with Crippen molar-refractivity contribution in [3.05, 3.63) is 108 Å². The molecule has 1 unspecified atom stereocenters. The third kappa shape index (κ3) is 4.87. The van der Waals surface area contributed by atoms with Crippen LogP contribution in [0.2, 0.25) is 0 Å². The van der Waals surface area contributed by atoms with E-state index in [1.165, 1.54) is 60.7 Å². The first kappa shape index (κ1) is 25.7. The minimum absolute atomic E-state index is 0.0148. The molecule has 4 rings (SSSR count). The first-order chi connectivity index (χ1) is 17.4. The molecule has 4 aromatic carbocycles. The molecule has 4 nitrogen and oxygen atoms in total. The number of nitrogen functional groups attached to an aromatic ring is 2. The van der Waals surface area contributed by atoms with Crippen molar-refractivity contribution in [3.8, 4) is 23.0 Å². The van der Waals surface area contributed by atoms with Crippen LogP contribution in [0.3, 0.4) is 0 Å². The largest absolute Gasteiger partial charge is 0.457 e. The number of rotatable bonds is 7. The molecule has 4 aromatic rings. The van der Waals surface area contributed by atoms with Gasteiger partial charge in [-0.15, -0.1) is 0 Å². The van der Waals surface area contributed by atoms with E-state index in [0.717, 1.165) is 24.3 Å². The molecule has 0 saturated heterocycles. The maximum atomic E-state index is 16.2. The lowest BCUT2D eigenvalue weighted by atomic mass is 9.83. The summed E-state index contributed by atoms with van der Waals surface area (Å²) in [6.07, 6.45) is -6.06. The van der Waals surface area contributed by atoms with Gasteiger partial charge in [0.05, 0.1) is 5.56 Å². The zero-order valence-corrected chi connectivity index (χ0v) is 19.0. The van der Waals surface area contributed by atoms with Gasteiger partial charge in [0.15, 0.2) is 0 Å². The molecule has 4 N–H and O–H groups in total. The highest BCUT2D eigenvalue weighted by Crippen LogP contribution is 2.60. The highest BCUT2D eigenvalue weighted by Gasteiger charge is 2.74. The smallest absolute Gasteiger partial charge is 0.433 e. The molecule has 0 fully saturated rings. The summed E-state index contributed by atoms with van der Waals surface area (Å²) in [6, 6.07) is 18.8. The molecule has 10 heteroatoms. The van der Waals surface area contributed by atoms with Crippen LogP contribution in [0.4, 0.5) is 37.7 Å². The van der Waals surface area contributed by atoms with E-state index >= 15 is 13.2 Å². The Morgan fingerprint density at radius 1 is 0.486 bits per heavy atom. The molecular weight excluding hydrogens is 498 g/mol. The number of ether oxygens (including phenoxy) is 2. The van der Waals surface area contributed by atoms with Crippen LogP contribution in [0.15, 0.2) is 97.1 Å². The molecule has 192 valence electrons. The highest BCUT2D eigenvalue weighted by atomic mass is 19.4. The molecule has 0 radical (unpaired) electrons. The Morgan fingerprint density at radius 3 is 1.30 bits per heavy atom. The van der Waals surface area contributed by atoms with Gasteiger partial charge < -0.3 is 20.9 Å². The summed E-state index contributed by atoms with van der Waals surface area (Å²) in [5.74, 6) is -6.58. The first-order valence-electron chi connectivity index (χ1n) is 10.8. The molecule has 0 aliphatic carbocycles. The summed E-state index contributed by atoms with van der Waals surface area (Å²) in [7, 11) is 0. The highest BCUT2D eigenvalue weighted by molar-refractivity contribution is 5.50. The number of hydrogen-bond acceptors (Lipinski definition) is 4. The van der Waals surface area contributed by atoms with Crippen LogP contribution in [0, 0.1) is 0 Å². The molecule has 0 aliphatic rings. The molecule has 0 aromatic heterocycles. The molecule has 0 aliphatic heterocycles. The second-order valence-corrected chi connectivity index (χ2v) is 8.07. The zero-order chi connectivity index (χ0) is 26.8. The van der Waals surface area contributed by atoms with Crippen molar-refractivity contribution in [1.29, 1.82) is 0 Å². The average Bonchev–Trinajstić information content (AvgIpc) is 2.86. The number of nitrogens with two attached hydrogens (primary N) is 2. The van der Waals surface area contributed by atoms with Crippen molar-refractivity contribution in [2.24, 2.45) is 0 Å². The standard InChI is InChI=1S/C27H20F6N2O2/c28-25(27(31,32)33,21-5-1-3-7-23(21)36-19-13-9-17(34)10-14-19)26(29,30)22-6-2-4-8-24(22)37-20-15-11-18(35)12-16-20/h1-16H,34-35H2. The Hall–Kier alpha value is -4.34. The molecule has 0 saturated carbocycles. The van der Waals surface area contributed by atoms with Crippen molar-refractivity contribution in [3.63, 3.8) is 0 Å². The van der Waals surface area contributed by atoms with Crippen molar-refractivity contribution in [2.75, 3.05) is 11.5 Å². The molecule has 37 heavy (non-hydrogen) atoms. The van der Waals surface area contributed by atoms with E-state index in [2.05, 4.69) is 0 Å². The number of hydrogen-bond donors (Lipinski definition) is 2. The van der Waals surface area contributed by atoms with Gasteiger partial charge in [0.1, 0.15) is 23.0 Å². The summed E-state index contributed by atoms with van der Waals surface area (Å²) in [4.78, 5) is 0. The number of anilines is 2. The maximum Gasteiger partial charge on any atom is 0.433 e. The van der Waals surface area contributed by atoms with Crippen LogP contribution < -0.4 is 20.9 Å². The molecule has 1 atom stereocenters. The number of halogens is 6. The monoisotopic (exact) mass is 518 g/mol. The predicted molar refractivity (Wildman–Crippen MR) is 127 cm³/mol. The van der Waals surface area contributed by atoms with Crippen molar-refractivity contribution >= 4 is 11.4 Å². The topological polar surface area (TPSA) is 70.5 Å². The summed E-state index contributed by atoms with van der Waals surface area (Å²) in [5, 5.41) is 0. The van der Waals surface area contributed by atoms with E-state index in [0.29, 0.717) is 23.5 Å². The lowest BCUT2D eigenvalue weighted by molar-refractivity contribution is -0.315. The van der Waals surface area contributed by atoms with Crippen molar-refractivity contribution in [1.82, 2.24) is 0 Å². The van der Waals surface area contributed by atoms with Gasteiger partial charge in [-0.2, -0.15) is 22.0 Å². The van der Waals surface area contributed by atoms with E-state index in [9.17, 15) is 13.2 Å². The number of para-hydroxylation sites is 2. The van der Waals surface area contributed by atoms with Crippen LogP contribution in [-0.2, 0) is 11.6 Å². The Labute approximate surface area is 208 Å². The van der Waals surface area contributed by atoms with Gasteiger partial charge in [-0.3, -0.25) is 0 Å². The lowest BCUT2D eigenvalue weighted by Gasteiger charge is -2.36. The van der Waals surface area contributed by atoms with Gasteiger partial charge in [0.2, 0.25) is 0 Å². The SMILES string of the molecule is Nc1ccc(Oc2ccccc2C(F)(F)C(F)(c2ccccc2Oc2ccc(N)cc2)C(F)(F)F)cc1. The summed E-state index contributed by atoms with van der Waals surface area (Å²) in [5.41, 5.74) is 3.95. The fourth-order valence-electron chi connectivity index (χ4n) is 3.67. The average molecular weight is 518 g/mol. The normalized spacial score (nSPS) is 13.6. The third-order valence-corrected chi connectivity index (χ3v) is 5.52. The van der Waals surface area contributed by atoms with Crippen LogP contribution in [0.1, 0.15) is 11.1 Å². The van der Waals surface area contributed by atoms with Crippen LogP contribution in [0.5, 0.6) is 23.0 Å². The van der Waals surface area contributed by atoms with E-state index in [-0.39, 0.29) is 11.5 Å². The summed E-state index contributed by atoms with van der Waals surface area (Å²) < 4.78 is 102. The molecule has 0 heterocycles. The van der Waals surface area contributed by atoms with Gasteiger partial charge >= 0.3 is 17.8 Å². The van der Waals surface area contributed by atoms with Crippen LogP contribution in [0.25, 0.3) is 0 Å². The predicted octanol–water partition coefficient (Wildman–Crippen LogP) is 7.95. The van der Waals surface area contributed by atoms with E-state index < -0.39 is 40.4 Å². The Morgan fingerprint density at radius 2 is 0.865 bits per heavy atom. The number of alkyl halides is 6. The lowest BCUT2D eigenvalue weighted by Crippen LogP contribution is -2.51. The van der Waals surface area contributed by atoms with Gasteiger partial charge in [0.25, 0.3) is 0 Å². The Kier molecular flexibility index (Phi) is 6.68. The second kappa shape index (κ2) is 9.61. The Balaban J connectivity index is 1.84. The van der Waals surface area contributed by atoms with Gasteiger partial charge in [0, 0.05) is 16.9 Å². The number of benzene rings is 4. The van der Waals surface area contributed by atoms with Crippen LogP contribution >= 0.6 is 0 Å². The van der Waals surface area contributed by atoms with Crippen LogP contribution in [-0.4, -0.2) is 6.18 Å². The molecule has 0 amide bonds. The minimum Gasteiger partial charge on any atom is -0.457 e. The minimum atomic E-state index is -6.06. The quantitative estimate of drug-likeness (QED) is 0.192. The van der Waals surface area contributed by atoms with Crippen molar-refractivity contribution < 1.29 is 35.8 Å². The first-order valence-corrected chi connectivity index (χ1v) is 10.8. The second-order valence-electron chi connectivity index (χ2n) is 8.07. The Bertz CT molecular complexity index is 1380. The molecule has 0 bridgehead atoms. The summed E-state index contributed by atoms with van der Waals surface area (Å²) >= 11 is 0. The van der Waals surface area contributed by atoms with Gasteiger partial charge in [-0.25, -0.2) is 4.39 Å². The molecular formula is C27H20F6N2O2. The van der Waals surface area contributed by atoms with E-state index in [1.54, 1.807) is 0 Å². The van der Waals surface area contributed by atoms with E-state index in [1.807, 2.05) is 0 Å². The van der Waals surface area contributed by atoms with Gasteiger partial charge in [-0.05, 0) is 66.7 Å².